The molecule has 0 atom stereocenters. The van der Waals surface area contributed by atoms with Gasteiger partial charge in [-0.05, 0) is 61.1 Å². The molecule has 0 bridgehead atoms. The third kappa shape index (κ3) is 79.9. The number of hydrogen-bond acceptors (Lipinski definition) is 6. The summed E-state index contributed by atoms with van der Waals surface area (Å²) in [5, 5.41) is 0. The van der Waals surface area contributed by atoms with Crippen molar-refractivity contribution in [2.75, 3.05) is 0 Å². The number of hydrogen-bond donors (Lipinski definition) is 0. The van der Waals surface area contributed by atoms with E-state index >= 15 is 0 Å². The van der Waals surface area contributed by atoms with Crippen molar-refractivity contribution in [3.63, 3.8) is 0 Å². The first-order chi connectivity index (χ1) is 51.1. The van der Waals surface area contributed by atoms with Crippen molar-refractivity contribution in [1.82, 2.24) is 0 Å². The van der Waals surface area contributed by atoms with Crippen molar-refractivity contribution in [2.45, 2.75) is 550 Å². The van der Waals surface area contributed by atoms with Gasteiger partial charge in [-0.2, -0.15) is 0 Å². The van der Waals surface area contributed by atoms with Gasteiger partial charge >= 0.3 is 37.7 Å². The zero-order valence-electron chi connectivity index (χ0n) is 70.6. The molecule has 0 saturated carbocycles. The van der Waals surface area contributed by atoms with E-state index in [-0.39, 0.29) is 47.5 Å². The summed E-state index contributed by atoms with van der Waals surface area (Å²) in [4.78, 5) is -0.210. The van der Waals surface area contributed by atoms with E-state index in [4.69, 9.17) is 0 Å². The Morgan fingerprint density at radius 1 is 0.190 bits per heavy atom. The van der Waals surface area contributed by atoms with Gasteiger partial charge < -0.3 is 9.11 Å². The molecule has 2 aromatic rings. The Hall–Kier alpha value is -0.480. The summed E-state index contributed by atoms with van der Waals surface area (Å²) in [7, 11) is -8.70. The van der Waals surface area contributed by atoms with E-state index < -0.39 is 20.2 Å². The summed E-state index contributed by atoms with van der Waals surface area (Å²) in [5.74, 6) is 0. The Balaban J connectivity index is 0.00000204. The van der Waals surface area contributed by atoms with Crippen molar-refractivity contribution >= 4 is 58.0 Å². The van der Waals surface area contributed by atoms with E-state index in [0.717, 1.165) is 36.8 Å². The molecule has 0 spiro atoms. The van der Waals surface area contributed by atoms with Gasteiger partial charge in [0.2, 0.25) is 0 Å². The molecule has 0 heterocycles. The van der Waals surface area contributed by atoms with Gasteiger partial charge in [-0.3, -0.25) is 0 Å². The van der Waals surface area contributed by atoms with Crippen LogP contribution in [0.2, 0.25) is 0 Å². The van der Waals surface area contributed by atoms with Gasteiger partial charge in [0, 0.05) is 0 Å². The van der Waals surface area contributed by atoms with Gasteiger partial charge in [-0.25, -0.2) is 16.8 Å². The second-order valence-electron chi connectivity index (χ2n) is 33.3. The Labute approximate surface area is 688 Å². The fraction of sp³-hybridized carbons (Fsp3) is 0.875. The largest absolute Gasteiger partial charge is 2.00 e. The van der Waals surface area contributed by atoms with E-state index in [2.05, 4.69) is 13.8 Å². The van der Waals surface area contributed by atoms with E-state index in [0.29, 0.717) is 0 Å². The minimum atomic E-state index is -4.35. The zero-order valence-corrected chi connectivity index (χ0v) is 74.4. The first-order valence-electron chi connectivity index (χ1n) is 47.2. The molecule has 0 N–H and O–H groups in total. The monoisotopic (exact) mass is 1530 g/mol. The van der Waals surface area contributed by atoms with Crippen LogP contribution >= 0.6 is 0 Å². The molecule has 105 heavy (non-hydrogen) atoms. The van der Waals surface area contributed by atoms with Crippen molar-refractivity contribution in [3.8, 4) is 0 Å². The minimum absolute atomic E-state index is 0. The molecule has 0 fully saturated rings. The average Bonchev–Trinajstić information content (AvgIpc) is 0.866. The van der Waals surface area contributed by atoms with Crippen molar-refractivity contribution < 1.29 is 25.9 Å². The van der Waals surface area contributed by atoms with E-state index in [1.807, 2.05) is 12.1 Å². The van der Waals surface area contributed by atoms with Gasteiger partial charge in [0.15, 0.2) is 0 Å². The summed E-state index contributed by atoms with van der Waals surface area (Å²) in [6.07, 6.45) is 116. The van der Waals surface area contributed by atoms with Crippen LogP contribution in [0.5, 0.6) is 0 Å². The molecule has 0 unspecified atom stereocenters. The summed E-state index contributed by atoms with van der Waals surface area (Å²) in [6.45, 7) is 4.61. The Bertz CT molecular complexity index is 2080. The van der Waals surface area contributed by atoms with Crippen LogP contribution in [0.3, 0.4) is 0 Å². The van der Waals surface area contributed by atoms with Crippen LogP contribution in [0.25, 0.3) is 0 Å². The molecule has 9 heteroatoms. The first kappa shape index (κ1) is 105. The van der Waals surface area contributed by atoms with E-state index in [9.17, 15) is 25.9 Å². The molecular formula is C96H178CaO6S2. The summed E-state index contributed by atoms with van der Waals surface area (Å²) < 4.78 is 67.0. The molecule has 612 valence electrons. The molecule has 2 aromatic carbocycles. The Morgan fingerprint density at radius 3 is 0.419 bits per heavy atom. The molecule has 0 aliphatic carbocycles. The van der Waals surface area contributed by atoms with Crippen LogP contribution in [-0.2, 0) is 33.1 Å². The van der Waals surface area contributed by atoms with E-state index in [1.165, 1.54) is 525 Å². The number of aryl methyl sites for hydroxylation is 2. The van der Waals surface area contributed by atoms with Crippen LogP contribution in [0, 0.1) is 0 Å². The maximum Gasteiger partial charge on any atom is 2.00 e. The standard InChI is InChI=1S/2C48H90O3S.Ca/c2*1-2-3-4-5-6-7-8-9-10-11-12-13-14-15-16-17-18-19-20-21-22-23-24-25-26-27-28-29-30-31-32-33-34-35-36-37-38-39-40-41-43-47-44-42-45-48(46-47)52(49,50)51;/h2*42,44-46H,2-41,43H2,1H3,(H,49,50,51);/q;;+2/p-2. The summed E-state index contributed by atoms with van der Waals surface area (Å²) in [5.41, 5.74) is 1.90. The van der Waals surface area contributed by atoms with Crippen LogP contribution < -0.4 is 0 Å². The minimum Gasteiger partial charge on any atom is -0.744 e. The normalized spacial score (nSPS) is 11.8. The third-order valence-electron chi connectivity index (χ3n) is 23.0. The van der Waals surface area contributed by atoms with Gasteiger partial charge in [-0.15, -0.1) is 0 Å². The van der Waals surface area contributed by atoms with Gasteiger partial charge in [-0.1, -0.05) is 539 Å². The number of benzene rings is 2. The number of unbranched alkanes of at least 4 members (excludes halogenated alkanes) is 78. The fourth-order valence-corrected chi connectivity index (χ4v) is 17.0. The Morgan fingerprint density at radius 2 is 0.305 bits per heavy atom. The van der Waals surface area contributed by atoms with Crippen LogP contribution in [-0.4, -0.2) is 63.7 Å². The maximum atomic E-state index is 11.2. The maximum absolute atomic E-state index is 11.2. The average molecular weight is 1530 g/mol. The molecule has 0 aliphatic heterocycles. The van der Waals surface area contributed by atoms with E-state index in [1.54, 1.807) is 12.1 Å². The van der Waals surface area contributed by atoms with Crippen molar-refractivity contribution in [1.29, 1.82) is 0 Å². The molecule has 2 rings (SSSR count). The first-order valence-corrected chi connectivity index (χ1v) is 50.0. The topological polar surface area (TPSA) is 114 Å². The molecular weight excluding hydrogens is 1350 g/mol. The van der Waals surface area contributed by atoms with Crippen LogP contribution in [0.1, 0.15) is 539 Å². The van der Waals surface area contributed by atoms with Crippen LogP contribution in [0.15, 0.2) is 58.3 Å². The predicted octanol–water partition coefficient (Wildman–Crippen LogP) is 33.1. The third-order valence-corrected chi connectivity index (χ3v) is 24.7. The quantitative estimate of drug-likeness (QED) is 0.0370. The van der Waals surface area contributed by atoms with Crippen molar-refractivity contribution in [2.24, 2.45) is 0 Å². The van der Waals surface area contributed by atoms with Gasteiger partial charge in [0.1, 0.15) is 20.2 Å². The number of rotatable bonds is 84. The molecule has 0 radical (unpaired) electrons. The van der Waals surface area contributed by atoms with Gasteiger partial charge in [0.05, 0.1) is 9.79 Å². The summed E-state index contributed by atoms with van der Waals surface area (Å²) in [6, 6.07) is 13.0. The molecule has 6 nitrogen and oxygen atoms in total. The second-order valence-corrected chi connectivity index (χ2v) is 36.0. The molecule has 0 saturated heterocycles. The SMILES string of the molecule is CCCCCCCCCCCCCCCCCCCCCCCCCCCCCCCCCCCCCCCCCCc1cccc(S(=O)(=O)[O-])c1.CCCCCCCCCCCCCCCCCCCCCCCCCCCCCCCCCCCCCCCCCCc1cccc(S(=O)(=O)[O-])c1.[Ca+2]. The smallest absolute Gasteiger partial charge is 0.744 e. The Kier molecular flexibility index (Phi) is 84.0. The predicted molar refractivity (Wildman–Crippen MR) is 463 cm³/mol. The summed E-state index contributed by atoms with van der Waals surface area (Å²) >= 11 is 0. The molecule has 0 aromatic heterocycles. The fourth-order valence-electron chi connectivity index (χ4n) is 16.0. The molecule has 0 amide bonds. The van der Waals surface area contributed by atoms with Crippen LogP contribution in [0.4, 0.5) is 0 Å². The molecule has 0 aliphatic rings. The van der Waals surface area contributed by atoms with Crippen molar-refractivity contribution in [3.05, 3.63) is 59.7 Å². The van der Waals surface area contributed by atoms with Gasteiger partial charge in [0.25, 0.3) is 0 Å². The zero-order chi connectivity index (χ0) is 74.9. The second kappa shape index (κ2) is 84.4.